The van der Waals surface area contributed by atoms with E-state index in [-0.39, 0.29) is 47.6 Å². The largest absolute Gasteiger partial charge is 0.490 e. The number of Topliss-reactive ketones (excluding diaryl/α,β-unsaturated/α-hetero) is 1. The maximum atomic E-state index is 12.1. The van der Waals surface area contributed by atoms with Gasteiger partial charge in [-0.05, 0) is 24.6 Å². The van der Waals surface area contributed by atoms with E-state index in [9.17, 15) is 34.6 Å². The van der Waals surface area contributed by atoms with Crippen LogP contribution in [-0.4, -0.2) is 41.2 Å². The number of nitrogens with one attached hydrogen (secondary N) is 1. The molecule has 12 nitrogen and oxygen atoms in total. The molecule has 0 spiro atoms. The summed E-state index contributed by atoms with van der Waals surface area (Å²) in [6, 6.07) is 9.05. The smallest absolute Gasteiger partial charge is 0.311 e. The molecule has 168 valence electrons. The van der Waals surface area contributed by atoms with Gasteiger partial charge in [-0.2, -0.15) is 0 Å². The number of methoxy groups -OCH3 is 1. The minimum atomic E-state index is -0.718. The van der Waals surface area contributed by atoms with Crippen LogP contribution in [0.4, 0.5) is 17.1 Å². The predicted molar refractivity (Wildman–Crippen MR) is 111 cm³/mol. The lowest BCUT2D eigenvalue weighted by atomic mass is 10.1. The number of nitro benzene ring substituents is 2. The Morgan fingerprint density at radius 3 is 2.41 bits per heavy atom. The monoisotopic (exact) mass is 445 g/mol. The number of hydrogen-bond donors (Lipinski definition) is 1. The molecule has 2 aromatic rings. The lowest BCUT2D eigenvalue weighted by molar-refractivity contribution is -0.385. The fourth-order valence-corrected chi connectivity index (χ4v) is 2.62. The van der Waals surface area contributed by atoms with E-state index in [1.165, 1.54) is 43.5 Å². The molecular formula is C20H19N3O9. The van der Waals surface area contributed by atoms with Crippen molar-refractivity contribution in [2.24, 2.45) is 0 Å². The zero-order chi connectivity index (χ0) is 23.7. The molecule has 0 bridgehead atoms. The van der Waals surface area contributed by atoms with Crippen LogP contribution >= 0.6 is 0 Å². The third-order valence-corrected chi connectivity index (χ3v) is 4.19. The number of carbonyl (C=O) groups is 3. The molecular weight excluding hydrogens is 426 g/mol. The number of nitrogens with zero attached hydrogens (tertiary/aromatic N) is 2. The van der Waals surface area contributed by atoms with Gasteiger partial charge in [0, 0.05) is 42.3 Å². The molecule has 0 radical (unpaired) electrons. The second-order valence-corrected chi connectivity index (χ2v) is 6.44. The Kier molecular flexibility index (Phi) is 8.34. The quantitative estimate of drug-likeness (QED) is 0.236. The molecule has 0 saturated carbocycles. The first-order valence-corrected chi connectivity index (χ1v) is 9.27. The molecule has 0 fully saturated rings. The first-order chi connectivity index (χ1) is 15.2. The molecule has 12 heteroatoms. The van der Waals surface area contributed by atoms with E-state index in [0.717, 1.165) is 6.07 Å². The summed E-state index contributed by atoms with van der Waals surface area (Å²) in [7, 11) is 1.26. The van der Waals surface area contributed by atoms with Crippen LogP contribution in [-0.2, 0) is 14.3 Å². The van der Waals surface area contributed by atoms with Crippen molar-refractivity contribution in [2.45, 2.75) is 19.3 Å². The van der Waals surface area contributed by atoms with Crippen LogP contribution in [0.15, 0.2) is 42.5 Å². The van der Waals surface area contributed by atoms with Gasteiger partial charge in [0.25, 0.3) is 5.69 Å². The van der Waals surface area contributed by atoms with Crippen LogP contribution in [0.2, 0.25) is 0 Å². The van der Waals surface area contributed by atoms with Gasteiger partial charge in [-0.3, -0.25) is 34.6 Å². The zero-order valence-corrected chi connectivity index (χ0v) is 16.9. The topological polar surface area (TPSA) is 168 Å². The van der Waals surface area contributed by atoms with Gasteiger partial charge in [0.1, 0.15) is 0 Å². The second kappa shape index (κ2) is 11.2. The second-order valence-electron chi connectivity index (χ2n) is 6.44. The Bertz CT molecular complexity index is 1050. The van der Waals surface area contributed by atoms with Crippen molar-refractivity contribution >= 4 is 34.7 Å². The molecule has 0 atom stereocenters. The average molecular weight is 445 g/mol. The normalized spacial score (nSPS) is 10.2. The fraction of sp³-hybridized carbons (Fsp3) is 0.250. The van der Waals surface area contributed by atoms with E-state index in [1.54, 1.807) is 0 Å². The van der Waals surface area contributed by atoms with Gasteiger partial charge in [-0.25, -0.2) is 0 Å². The Hall–Kier alpha value is -4.35. The van der Waals surface area contributed by atoms with Crippen molar-refractivity contribution in [3.05, 3.63) is 68.3 Å². The Balaban J connectivity index is 1.77. The lowest BCUT2D eigenvalue weighted by Gasteiger charge is -2.07. The van der Waals surface area contributed by atoms with Crippen LogP contribution in [0, 0.1) is 20.2 Å². The maximum Gasteiger partial charge on any atom is 0.311 e. The molecule has 0 aliphatic heterocycles. The van der Waals surface area contributed by atoms with Crippen molar-refractivity contribution in [1.82, 2.24) is 0 Å². The summed E-state index contributed by atoms with van der Waals surface area (Å²) in [5.74, 6) is -1.80. The number of carbonyl (C=O) groups excluding carboxylic acids is 3. The van der Waals surface area contributed by atoms with Crippen molar-refractivity contribution in [2.75, 3.05) is 19.0 Å². The number of non-ortho nitro benzene ring substituents is 1. The molecule has 1 amide bonds. The molecule has 2 aromatic carbocycles. The van der Waals surface area contributed by atoms with E-state index in [1.807, 2.05) is 0 Å². The third-order valence-electron chi connectivity index (χ3n) is 4.19. The van der Waals surface area contributed by atoms with Crippen molar-refractivity contribution in [1.29, 1.82) is 0 Å². The predicted octanol–water partition coefficient (Wildman–Crippen LogP) is 3.05. The fourth-order valence-electron chi connectivity index (χ4n) is 2.62. The number of nitro groups is 2. The third kappa shape index (κ3) is 6.86. The number of benzene rings is 2. The number of anilines is 1. The highest BCUT2D eigenvalue weighted by atomic mass is 16.6. The molecule has 0 unspecified atom stereocenters. The summed E-state index contributed by atoms with van der Waals surface area (Å²) >= 11 is 0. The summed E-state index contributed by atoms with van der Waals surface area (Å²) in [6.07, 6.45) is -0.0589. The minimum Gasteiger partial charge on any atom is -0.490 e. The molecule has 0 heterocycles. The number of hydrogen-bond acceptors (Lipinski definition) is 9. The standard InChI is InChI=1S/C20H19N3O9/c1-31-18-9-8-13(10-16(18)23(29)30)17(24)12-32-20(26)7-3-6-19(25)21-14-4-2-5-15(11-14)22(27)28/h2,4-5,8-11H,3,6-7,12H2,1H3,(H,21,25). The van der Waals surface area contributed by atoms with Crippen molar-refractivity contribution < 1.29 is 33.7 Å². The molecule has 1 N–H and O–H groups in total. The zero-order valence-electron chi connectivity index (χ0n) is 16.9. The Morgan fingerprint density at radius 1 is 1.00 bits per heavy atom. The van der Waals surface area contributed by atoms with Crippen LogP contribution in [0.3, 0.4) is 0 Å². The highest BCUT2D eigenvalue weighted by Crippen LogP contribution is 2.27. The highest BCUT2D eigenvalue weighted by molar-refractivity contribution is 5.98. The minimum absolute atomic E-state index is 0.00747. The van der Waals surface area contributed by atoms with Crippen LogP contribution in [0.25, 0.3) is 0 Å². The van der Waals surface area contributed by atoms with E-state index >= 15 is 0 Å². The number of amides is 1. The van der Waals surface area contributed by atoms with Gasteiger partial charge in [0.05, 0.1) is 17.0 Å². The lowest BCUT2D eigenvalue weighted by Crippen LogP contribution is -2.16. The molecule has 32 heavy (non-hydrogen) atoms. The summed E-state index contributed by atoms with van der Waals surface area (Å²) in [6.45, 7) is -0.609. The van der Waals surface area contributed by atoms with E-state index in [2.05, 4.69) is 5.32 Å². The molecule has 0 saturated heterocycles. The highest BCUT2D eigenvalue weighted by Gasteiger charge is 2.19. The van der Waals surface area contributed by atoms with Crippen LogP contribution < -0.4 is 10.1 Å². The first kappa shape index (κ1) is 23.9. The average Bonchev–Trinajstić information content (AvgIpc) is 2.77. The molecule has 0 aromatic heterocycles. The SMILES string of the molecule is COc1ccc(C(=O)COC(=O)CCCC(=O)Nc2cccc([N+](=O)[O-])c2)cc1[N+](=O)[O-]. The summed E-state index contributed by atoms with van der Waals surface area (Å²) in [4.78, 5) is 56.3. The number of ether oxygens (including phenoxy) is 2. The van der Waals surface area contributed by atoms with Crippen molar-refractivity contribution in [3.63, 3.8) is 0 Å². The Morgan fingerprint density at radius 2 is 1.75 bits per heavy atom. The van der Waals surface area contributed by atoms with Gasteiger partial charge in [-0.1, -0.05) is 6.07 Å². The summed E-state index contributed by atoms with van der Waals surface area (Å²) < 4.78 is 9.72. The maximum absolute atomic E-state index is 12.1. The first-order valence-electron chi connectivity index (χ1n) is 9.27. The number of rotatable bonds is 11. The van der Waals surface area contributed by atoms with Gasteiger partial charge in [0.2, 0.25) is 11.7 Å². The summed E-state index contributed by atoms with van der Waals surface area (Å²) in [5, 5.41) is 24.3. The summed E-state index contributed by atoms with van der Waals surface area (Å²) in [5.41, 5.74) is -0.315. The van der Waals surface area contributed by atoms with Crippen molar-refractivity contribution in [3.8, 4) is 5.75 Å². The molecule has 2 rings (SSSR count). The van der Waals surface area contributed by atoms with Gasteiger partial charge >= 0.3 is 11.7 Å². The van der Waals surface area contributed by atoms with E-state index in [4.69, 9.17) is 9.47 Å². The van der Waals surface area contributed by atoms with E-state index in [0.29, 0.717) is 0 Å². The Labute approximate surface area is 181 Å². The van der Waals surface area contributed by atoms with Crippen LogP contribution in [0.5, 0.6) is 5.75 Å². The van der Waals surface area contributed by atoms with E-state index < -0.39 is 34.1 Å². The van der Waals surface area contributed by atoms with Crippen LogP contribution in [0.1, 0.15) is 29.6 Å². The van der Waals surface area contributed by atoms with Gasteiger partial charge in [0.15, 0.2) is 12.4 Å². The molecule has 0 aliphatic rings. The molecule has 0 aliphatic carbocycles. The number of ketones is 1. The number of esters is 1. The van der Waals surface area contributed by atoms with Gasteiger partial charge in [-0.15, -0.1) is 0 Å². The van der Waals surface area contributed by atoms with Gasteiger partial charge < -0.3 is 14.8 Å².